The Bertz CT molecular complexity index is 351. The molecule has 0 bridgehead atoms. The number of nitrogens with one attached hydrogen (secondary N) is 2. The zero-order valence-corrected chi connectivity index (χ0v) is 9.14. The lowest BCUT2D eigenvalue weighted by Gasteiger charge is -2.01. The highest BCUT2D eigenvalue weighted by molar-refractivity contribution is 7.13. The van der Waals surface area contributed by atoms with Crippen LogP contribution in [0.2, 0.25) is 0 Å². The fraction of sp³-hybridized carbons (Fsp3) is 0.400. The van der Waals surface area contributed by atoms with E-state index in [0.29, 0.717) is 5.13 Å². The first-order valence-corrected chi connectivity index (χ1v) is 5.87. The molecule has 0 unspecified atom stereocenters. The van der Waals surface area contributed by atoms with E-state index < -0.39 is 0 Å². The summed E-state index contributed by atoms with van der Waals surface area (Å²) in [6.45, 7) is 0. The minimum Gasteiger partial charge on any atom is -0.314 e. The van der Waals surface area contributed by atoms with Crippen LogP contribution in [0, 0.1) is 0 Å². The van der Waals surface area contributed by atoms with Crippen molar-refractivity contribution < 1.29 is 4.79 Å². The number of amides is 2. The molecule has 1 fully saturated rings. The molecule has 0 atom stereocenters. The number of urea groups is 1. The van der Waals surface area contributed by atoms with Gasteiger partial charge in [-0.2, -0.15) is 0 Å². The van der Waals surface area contributed by atoms with E-state index in [1.807, 2.05) is 11.6 Å². The molecule has 2 rings (SSSR count). The van der Waals surface area contributed by atoms with Gasteiger partial charge in [0, 0.05) is 17.8 Å². The molecular weight excluding hydrogens is 210 g/mol. The van der Waals surface area contributed by atoms with E-state index in [1.165, 1.54) is 29.8 Å². The summed E-state index contributed by atoms with van der Waals surface area (Å²) in [5.41, 5.74) is 1.32. The maximum absolute atomic E-state index is 11.4. The van der Waals surface area contributed by atoms with E-state index in [9.17, 15) is 4.79 Å². The van der Waals surface area contributed by atoms with E-state index in [-0.39, 0.29) is 6.03 Å². The fourth-order valence-electron chi connectivity index (χ4n) is 1.56. The number of allylic oxidation sites excluding steroid dienone is 1. The molecule has 1 heterocycles. The number of hydrogen-bond donors (Lipinski definition) is 2. The number of nitrogens with zero attached hydrogens (tertiary/aromatic N) is 1. The van der Waals surface area contributed by atoms with Gasteiger partial charge in [-0.25, -0.2) is 9.78 Å². The molecule has 1 aromatic heterocycles. The molecule has 0 aliphatic heterocycles. The molecule has 2 N–H and O–H groups in total. The Morgan fingerprint density at radius 3 is 2.93 bits per heavy atom. The topological polar surface area (TPSA) is 54.0 Å². The zero-order chi connectivity index (χ0) is 10.5. The van der Waals surface area contributed by atoms with Crippen molar-refractivity contribution in [3.8, 4) is 0 Å². The average molecular weight is 223 g/mol. The molecule has 0 radical (unpaired) electrons. The van der Waals surface area contributed by atoms with E-state index in [0.717, 1.165) is 12.8 Å². The third-order valence-corrected chi connectivity index (χ3v) is 2.99. The molecule has 0 spiro atoms. The Morgan fingerprint density at radius 1 is 1.47 bits per heavy atom. The SMILES string of the molecule is O=C(NC=C1CCCC1)Nc1nccs1. The molecule has 1 aromatic rings. The summed E-state index contributed by atoms with van der Waals surface area (Å²) in [5, 5.41) is 7.82. The summed E-state index contributed by atoms with van der Waals surface area (Å²) in [7, 11) is 0. The number of anilines is 1. The lowest BCUT2D eigenvalue weighted by Crippen LogP contribution is -2.24. The highest BCUT2D eigenvalue weighted by Crippen LogP contribution is 2.22. The van der Waals surface area contributed by atoms with Gasteiger partial charge in [-0.15, -0.1) is 11.3 Å². The molecular formula is C10H13N3OS. The molecule has 80 valence electrons. The molecule has 2 amide bonds. The number of aromatic nitrogens is 1. The predicted octanol–water partition coefficient (Wildman–Crippen LogP) is 2.72. The van der Waals surface area contributed by atoms with Gasteiger partial charge in [0.15, 0.2) is 5.13 Å². The van der Waals surface area contributed by atoms with Crippen LogP contribution in [-0.4, -0.2) is 11.0 Å². The van der Waals surface area contributed by atoms with Gasteiger partial charge in [-0.1, -0.05) is 5.57 Å². The van der Waals surface area contributed by atoms with Gasteiger partial charge in [0.2, 0.25) is 0 Å². The monoisotopic (exact) mass is 223 g/mol. The van der Waals surface area contributed by atoms with Gasteiger partial charge >= 0.3 is 6.03 Å². The summed E-state index contributed by atoms with van der Waals surface area (Å²) < 4.78 is 0. The molecule has 5 heteroatoms. The first kappa shape index (κ1) is 10.2. The summed E-state index contributed by atoms with van der Waals surface area (Å²) in [5.74, 6) is 0. The second-order valence-electron chi connectivity index (χ2n) is 3.45. The van der Waals surface area contributed by atoms with Crippen molar-refractivity contribution >= 4 is 22.5 Å². The number of hydrogen-bond acceptors (Lipinski definition) is 3. The van der Waals surface area contributed by atoms with Crippen molar-refractivity contribution in [1.29, 1.82) is 0 Å². The van der Waals surface area contributed by atoms with Gasteiger partial charge < -0.3 is 5.32 Å². The van der Waals surface area contributed by atoms with Crippen molar-refractivity contribution in [1.82, 2.24) is 10.3 Å². The van der Waals surface area contributed by atoms with Crippen LogP contribution < -0.4 is 10.6 Å². The van der Waals surface area contributed by atoms with Crippen LogP contribution in [0.4, 0.5) is 9.93 Å². The van der Waals surface area contributed by atoms with Crippen LogP contribution in [0.5, 0.6) is 0 Å². The summed E-state index contributed by atoms with van der Waals surface area (Å²) in [6.07, 6.45) is 8.17. The van der Waals surface area contributed by atoms with E-state index in [2.05, 4.69) is 15.6 Å². The Labute approximate surface area is 92.4 Å². The molecule has 15 heavy (non-hydrogen) atoms. The summed E-state index contributed by atoms with van der Waals surface area (Å²) in [4.78, 5) is 15.3. The van der Waals surface area contributed by atoms with Gasteiger partial charge in [-0.05, 0) is 25.7 Å². The van der Waals surface area contributed by atoms with Gasteiger partial charge in [-0.3, -0.25) is 5.32 Å². The predicted molar refractivity (Wildman–Crippen MR) is 60.8 cm³/mol. The van der Waals surface area contributed by atoms with Crippen LogP contribution in [0.3, 0.4) is 0 Å². The number of carbonyl (C=O) groups excluding carboxylic acids is 1. The number of rotatable bonds is 2. The van der Waals surface area contributed by atoms with Crippen LogP contribution in [0.25, 0.3) is 0 Å². The Morgan fingerprint density at radius 2 is 2.27 bits per heavy atom. The van der Waals surface area contributed by atoms with Gasteiger partial charge in [0.1, 0.15) is 0 Å². The third-order valence-electron chi connectivity index (χ3n) is 2.31. The first-order valence-electron chi connectivity index (χ1n) is 4.99. The van der Waals surface area contributed by atoms with Crippen LogP contribution in [0.1, 0.15) is 25.7 Å². The van der Waals surface area contributed by atoms with Gasteiger partial charge in [0.05, 0.1) is 0 Å². The van der Waals surface area contributed by atoms with E-state index >= 15 is 0 Å². The van der Waals surface area contributed by atoms with Crippen molar-refractivity contribution in [3.05, 3.63) is 23.3 Å². The normalized spacial score (nSPS) is 15.1. The van der Waals surface area contributed by atoms with Crippen molar-refractivity contribution in [2.45, 2.75) is 25.7 Å². The van der Waals surface area contributed by atoms with Gasteiger partial charge in [0.25, 0.3) is 0 Å². The molecule has 0 aromatic carbocycles. The Kier molecular flexibility index (Phi) is 3.34. The van der Waals surface area contributed by atoms with Crippen molar-refractivity contribution in [2.24, 2.45) is 0 Å². The van der Waals surface area contributed by atoms with Crippen LogP contribution in [-0.2, 0) is 0 Å². The standard InChI is InChI=1S/C10H13N3OS/c14-9(13-10-11-5-6-15-10)12-7-8-3-1-2-4-8/h5-7H,1-4H2,(H2,11,12,13,14). The minimum absolute atomic E-state index is 0.218. The molecule has 4 nitrogen and oxygen atoms in total. The van der Waals surface area contributed by atoms with Crippen LogP contribution >= 0.6 is 11.3 Å². The van der Waals surface area contributed by atoms with E-state index in [4.69, 9.17) is 0 Å². The Balaban J connectivity index is 1.80. The first-order chi connectivity index (χ1) is 7.34. The maximum Gasteiger partial charge on any atom is 0.325 e. The molecule has 1 saturated carbocycles. The molecule has 1 aliphatic rings. The van der Waals surface area contributed by atoms with Crippen molar-refractivity contribution in [3.63, 3.8) is 0 Å². The third kappa shape index (κ3) is 3.06. The lowest BCUT2D eigenvalue weighted by atomic mass is 10.2. The van der Waals surface area contributed by atoms with E-state index in [1.54, 1.807) is 6.20 Å². The quantitative estimate of drug-likeness (QED) is 0.810. The zero-order valence-electron chi connectivity index (χ0n) is 8.32. The second-order valence-corrected chi connectivity index (χ2v) is 4.34. The highest BCUT2D eigenvalue weighted by atomic mass is 32.1. The largest absolute Gasteiger partial charge is 0.325 e. The lowest BCUT2D eigenvalue weighted by molar-refractivity contribution is 0.255. The van der Waals surface area contributed by atoms with Crippen molar-refractivity contribution in [2.75, 3.05) is 5.32 Å². The average Bonchev–Trinajstić information content (AvgIpc) is 2.86. The minimum atomic E-state index is -0.218. The highest BCUT2D eigenvalue weighted by Gasteiger charge is 2.07. The maximum atomic E-state index is 11.4. The molecule has 1 aliphatic carbocycles. The second kappa shape index (κ2) is 4.93. The van der Waals surface area contributed by atoms with Crippen LogP contribution in [0.15, 0.2) is 23.3 Å². The summed E-state index contributed by atoms with van der Waals surface area (Å²) in [6, 6.07) is -0.218. The number of carbonyl (C=O) groups is 1. The fourth-order valence-corrected chi connectivity index (χ4v) is 2.08. The smallest absolute Gasteiger partial charge is 0.314 e. The Hall–Kier alpha value is -1.36. The number of thiazole rings is 1. The molecule has 0 saturated heterocycles. The summed E-state index contributed by atoms with van der Waals surface area (Å²) >= 11 is 1.41.